The quantitative estimate of drug-likeness (QED) is 0.802. The molecule has 0 saturated carbocycles. The lowest BCUT2D eigenvalue weighted by Gasteiger charge is -2.26. The maximum atomic E-state index is 13.4. The van der Waals surface area contributed by atoms with Crippen molar-refractivity contribution in [2.45, 2.75) is 25.6 Å². The van der Waals surface area contributed by atoms with Gasteiger partial charge in [-0.2, -0.15) is 0 Å². The van der Waals surface area contributed by atoms with E-state index in [-0.39, 0.29) is 18.3 Å². The number of nitrogens with one attached hydrogen (secondary N) is 1. The Labute approximate surface area is 151 Å². The molecule has 0 aliphatic carbocycles. The molecule has 1 amide bonds. The highest BCUT2D eigenvalue weighted by molar-refractivity contribution is 6.30. The summed E-state index contributed by atoms with van der Waals surface area (Å²) in [5.41, 5.74) is -0.437. The maximum absolute atomic E-state index is 13.4. The Kier molecular flexibility index (Phi) is 6.39. The molecule has 0 spiro atoms. The molecule has 4 nitrogen and oxygen atoms in total. The van der Waals surface area contributed by atoms with E-state index in [1.165, 1.54) is 19.2 Å². The van der Waals surface area contributed by atoms with Gasteiger partial charge in [-0.1, -0.05) is 23.7 Å². The number of carbonyl (C=O) groups excluding carboxylic acids is 1. The van der Waals surface area contributed by atoms with E-state index in [2.05, 4.69) is 5.32 Å². The lowest BCUT2D eigenvalue weighted by atomic mass is 10.1. The van der Waals surface area contributed by atoms with Crippen LogP contribution in [0.3, 0.4) is 0 Å². The van der Waals surface area contributed by atoms with Crippen LogP contribution in [0.4, 0.5) is 4.39 Å². The van der Waals surface area contributed by atoms with Crippen molar-refractivity contribution in [1.29, 1.82) is 0 Å². The van der Waals surface area contributed by atoms with Gasteiger partial charge >= 0.3 is 0 Å². The molecule has 0 radical (unpaired) electrons. The van der Waals surface area contributed by atoms with Gasteiger partial charge in [0.1, 0.15) is 11.6 Å². The minimum absolute atomic E-state index is 0.201. The molecular formula is C19H21ClFNO3. The van der Waals surface area contributed by atoms with E-state index >= 15 is 0 Å². The van der Waals surface area contributed by atoms with Crippen molar-refractivity contribution in [2.24, 2.45) is 0 Å². The van der Waals surface area contributed by atoms with Gasteiger partial charge in [-0.05, 0) is 55.8 Å². The highest BCUT2D eigenvalue weighted by Gasteiger charge is 2.30. The summed E-state index contributed by atoms with van der Waals surface area (Å²) in [6.45, 7) is 3.54. The summed E-state index contributed by atoms with van der Waals surface area (Å²) in [5.74, 6) is -0.115. The number of ether oxygens (including phenoxy) is 2. The summed E-state index contributed by atoms with van der Waals surface area (Å²) >= 11 is 5.84. The van der Waals surface area contributed by atoms with Gasteiger partial charge < -0.3 is 14.8 Å². The van der Waals surface area contributed by atoms with Crippen LogP contribution in [0.1, 0.15) is 25.5 Å². The van der Waals surface area contributed by atoms with E-state index in [0.29, 0.717) is 16.3 Å². The van der Waals surface area contributed by atoms with Crippen LogP contribution in [0.5, 0.6) is 5.75 Å². The highest BCUT2D eigenvalue weighted by atomic mass is 35.5. The molecule has 0 aliphatic heterocycles. The SMILES string of the molecule is CO[C@@H](CNC(=O)C(C)(C)Oc1ccc(Cl)cc1)c1cccc(F)c1. The van der Waals surface area contributed by atoms with Gasteiger partial charge in [0.15, 0.2) is 5.60 Å². The van der Waals surface area contributed by atoms with E-state index in [1.54, 1.807) is 50.2 Å². The molecule has 0 unspecified atom stereocenters. The van der Waals surface area contributed by atoms with Crippen LogP contribution < -0.4 is 10.1 Å². The van der Waals surface area contributed by atoms with Gasteiger partial charge in [-0.3, -0.25) is 4.79 Å². The monoisotopic (exact) mass is 365 g/mol. The molecule has 0 aromatic heterocycles. The van der Waals surface area contributed by atoms with Crippen molar-refractivity contribution in [2.75, 3.05) is 13.7 Å². The van der Waals surface area contributed by atoms with Crippen LogP contribution in [0.25, 0.3) is 0 Å². The molecule has 6 heteroatoms. The number of carbonyl (C=O) groups is 1. The summed E-state index contributed by atoms with van der Waals surface area (Å²) in [6, 6.07) is 12.9. The summed E-state index contributed by atoms with van der Waals surface area (Å²) in [4.78, 5) is 12.5. The molecule has 2 rings (SSSR count). The Bertz CT molecular complexity index is 719. The number of hydrogen-bond donors (Lipinski definition) is 1. The Morgan fingerprint density at radius 1 is 1.24 bits per heavy atom. The fourth-order valence-electron chi connectivity index (χ4n) is 2.29. The van der Waals surface area contributed by atoms with E-state index < -0.39 is 11.7 Å². The second-order valence-corrected chi connectivity index (χ2v) is 6.49. The van der Waals surface area contributed by atoms with Crippen molar-refractivity contribution in [3.05, 3.63) is 64.9 Å². The molecule has 1 N–H and O–H groups in total. The topological polar surface area (TPSA) is 47.6 Å². The number of rotatable bonds is 7. The lowest BCUT2D eigenvalue weighted by molar-refractivity contribution is -0.134. The Hall–Kier alpha value is -2.11. The third kappa shape index (κ3) is 5.44. The van der Waals surface area contributed by atoms with Gasteiger partial charge in [-0.15, -0.1) is 0 Å². The fraction of sp³-hybridized carbons (Fsp3) is 0.316. The number of halogens is 2. The molecule has 1 atom stereocenters. The Balaban J connectivity index is 1.98. The molecule has 0 saturated heterocycles. The van der Waals surface area contributed by atoms with Crippen LogP contribution in [-0.2, 0) is 9.53 Å². The van der Waals surface area contributed by atoms with Gasteiger partial charge in [0.2, 0.25) is 0 Å². The summed E-state index contributed by atoms with van der Waals surface area (Å²) in [7, 11) is 1.51. The van der Waals surface area contributed by atoms with Crippen molar-refractivity contribution >= 4 is 17.5 Å². The second kappa shape index (κ2) is 8.32. The third-order valence-electron chi connectivity index (χ3n) is 3.69. The normalized spacial score (nSPS) is 12.5. The second-order valence-electron chi connectivity index (χ2n) is 6.06. The number of benzene rings is 2. The molecule has 0 aliphatic rings. The van der Waals surface area contributed by atoms with Gasteiger partial charge in [-0.25, -0.2) is 4.39 Å². The zero-order valence-electron chi connectivity index (χ0n) is 14.4. The van der Waals surface area contributed by atoms with Crippen LogP contribution in [0.15, 0.2) is 48.5 Å². The number of amides is 1. The molecule has 0 heterocycles. The van der Waals surface area contributed by atoms with Crippen LogP contribution in [0.2, 0.25) is 5.02 Å². The molecule has 2 aromatic carbocycles. The predicted molar refractivity (Wildman–Crippen MR) is 95.3 cm³/mol. The highest BCUT2D eigenvalue weighted by Crippen LogP contribution is 2.22. The van der Waals surface area contributed by atoms with Crippen molar-refractivity contribution < 1.29 is 18.7 Å². The van der Waals surface area contributed by atoms with E-state index in [4.69, 9.17) is 21.1 Å². The smallest absolute Gasteiger partial charge is 0.263 e. The van der Waals surface area contributed by atoms with E-state index in [9.17, 15) is 9.18 Å². The molecule has 0 fully saturated rings. The molecular weight excluding hydrogens is 345 g/mol. The standard InChI is InChI=1S/C19H21ClFNO3/c1-19(2,25-16-9-7-14(20)8-10-16)18(23)22-12-17(24-3)13-5-4-6-15(21)11-13/h4-11,17H,12H2,1-3H3,(H,22,23)/t17-/m0/s1. The van der Waals surface area contributed by atoms with Crippen molar-refractivity contribution in [3.8, 4) is 5.75 Å². The molecule has 0 bridgehead atoms. The molecule has 2 aromatic rings. The van der Waals surface area contributed by atoms with Crippen molar-refractivity contribution in [1.82, 2.24) is 5.32 Å². The predicted octanol–water partition coefficient (Wildman–Crippen LogP) is 4.14. The number of methoxy groups -OCH3 is 1. The third-order valence-corrected chi connectivity index (χ3v) is 3.94. The lowest BCUT2D eigenvalue weighted by Crippen LogP contribution is -2.47. The average Bonchev–Trinajstić information content (AvgIpc) is 2.57. The minimum Gasteiger partial charge on any atom is -0.478 e. The van der Waals surface area contributed by atoms with Crippen LogP contribution in [-0.4, -0.2) is 25.2 Å². The van der Waals surface area contributed by atoms with Crippen LogP contribution in [0, 0.1) is 5.82 Å². The van der Waals surface area contributed by atoms with E-state index in [1.807, 2.05) is 0 Å². The molecule has 25 heavy (non-hydrogen) atoms. The number of hydrogen-bond acceptors (Lipinski definition) is 3. The summed E-state index contributed by atoms with van der Waals surface area (Å²) in [6.07, 6.45) is -0.453. The summed E-state index contributed by atoms with van der Waals surface area (Å²) in [5, 5.41) is 3.38. The van der Waals surface area contributed by atoms with Crippen molar-refractivity contribution in [3.63, 3.8) is 0 Å². The maximum Gasteiger partial charge on any atom is 0.263 e. The first-order valence-electron chi connectivity index (χ1n) is 7.83. The average molecular weight is 366 g/mol. The fourth-order valence-corrected chi connectivity index (χ4v) is 2.41. The Morgan fingerprint density at radius 2 is 1.92 bits per heavy atom. The van der Waals surface area contributed by atoms with E-state index in [0.717, 1.165) is 0 Å². The van der Waals surface area contributed by atoms with Crippen LogP contribution >= 0.6 is 11.6 Å². The zero-order chi connectivity index (χ0) is 18.4. The first-order valence-corrected chi connectivity index (χ1v) is 8.21. The van der Waals surface area contributed by atoms with Gasteiger partial charge in [0.25, 0.3) is 5.91 Å². The zero-order valence-corrected chi connectivity index (χ0v) is 15.1. The summed E-state index contributed by atoms with van der Waals surface area (Å²) < 4.78 is 24.4. The van der Waals surface area contributed by atoms with Gasteiger partial charge in [0, 0.05) is 18.7 Å². The largest absolute Gasteiger partial charge is 0.478 e. The molecule has 134 valence electrons. The first-order chi connectivity index (χ1) is 11.8. The Morgan fingerprint density at radius 3 is 2.52 bits per heavy atom. The first kappa shape index (κ1) is 19.2. The minimum atomic E-state index is -1.09. The van der Waals surface area contributed by atoms with Gasteiger partial charge in [0.05, 0.1) is 6.10 Å².